The highest BCUT2D eigenvalue weighted by Crippen LogP contribution is 2.30. The number of rotatable bonds is 3. The number of aromatic amines is 1. The van der Waals surface area contributed by atoms with Crippen molar-refractivity contribution in [2.45, 2.75) is 6.42 Å². The van der Waals surface area contributed by atoms with Crippen molar-refractivity contribution in [1.29, 1.82) is 0 Å². The number of aliphatic imine (C=N–C) groups is 1. The van der Waals surface area contributed by atoms with Gasteiger partial charge >= 0.3 is 0 Å². The van der Waals surface area contributed by atoms with Gasteiger partial charge in [-0.3, -0.25) is 9.79 Å². The van der Waals surface area contributed by atoms with Crippen molar-refractivity contribution in [1.82, 2.24) is 4.98 Å². The van der Waals surface area contributed by atoms with Gasteiger partial charge in [0, 0.05) is 40.9 Å². The Kier molecular flexibility index (Phi) is 2.97. The molecular weight excluding hydrogens is 272 g/mol. The molecule has 4 rings (SSSR count). The van der Waals surface area contributed by atoms with Crippen LogP contribution in [0.15, 0.2) is 65.8 Å². The molecule has 0 spiro atoms. The zero-order chi connectivity index (χ0) is 14.9. The van der Waals surface area contributed by atoms with Gasteiger partial charge in [0.15, 0.2) is 5.78 Å². The molecule has 0 aliphatic carbocycles. The molecule has 1 N–H and O–H groups in total. The monoisotopic (exact) mass is 286 g/mol. The lowest BCUT2D eigenvalue weighted by Gasteiger charge is -1.99. The molecule has 1 aliphatic rings. The minimum atomic E-state index is 0.0860. The third-order valence-corrected chi connectivity index (χ3v) is 3.91. The third kappa shape index (κ3) is 2.17. The van der Waals surface area contributed by atoms with Crippen LogP contribution < -0.4 is 0 Å². The summed E-state index contributed by atoms with van der Waals surface area (Å²) in [6.45, 7) is 0. The summed E-state index contributed by atoms with van der Waals surface area (Å²) in [4.78, 5) is 19.9. The van der Waals surface area contributed by atoms with E-state index in [1.807, 2.05) is 54.7 Å². The second kappa shape index (κ2) is 5.11. The SMILES string of the molecule is O=C(/C=C1\C=Nc2ccccc21)Cc1c[nH]c2ccccc12. The van der Waals surface area contributed by atoms with E-state index in [4.69, 9.17) is 0 Å². The van der Waals surface area contributed by atoms with Crippen LogP contribution in [0.5, 0.6) is 0 Å². The zero-order valence-electron chi connectivity index (χ0n) is 11.9. The summed E-state index contributed by atoms with van der Waals surface area (Å²) in [5.74, 6) is 0.0860. The summed E-state index contributed by atoms with van der Waals surface area (Å²) >= 11 is 0. The van der Waals surface area contributed by atoms with E-state index in [0.29, 0.717) is 6.42 Å². The van der Waals surface area contributed by atoms with Crippen molar-refractivity contribution in [3.63, 3.8) is 0 Å². The summed E-state index contributed by atoms with van der Waals surface area (Å²) < 4.78 is 0. The predicted octanol–water partition coefficient (Wildman–Crippen LogP) is 4.08. The summed E-state index contributed by atoms with van der Waals surface area (Å²) in [6, 6.07) is 15.9. The molecule has 2 aromatic carbocycles. The molecule has 3 heteroatoms. The first-order chi connectivity index (χ1) is 10.8. The first kappa shape index (κ1) is 12.8. The first-order valence-electron chi connectivity index (χ1n) is 7.24. The summed E-state index contributed by atoms with van der Waals surface area (Å²) in [5.41, 5.74) is 4.93. The molecule has 0 fully saturated rings. The fourth-order valence-electron chi connectivity index (χ4n) is 2.84. The van der Waals surface area contributed by atoms with Gasteiger partial charge < -0.3 is 4.98 Å². The number of benzene rings is 2. The van der Waals surface area contributed by atoms with E-state index < -0.39 is 0 Å². The number of allylic oxidation sites excluding steroid dienone is 2. The number of para-hydroxylation sites is 2. The average molecular weight is 286 g/mol. The minimum Gasteiger partial charge on any atom is -0.361 e. The van der Waals surface area contributed by atoms with E-state index in [1.165, 1.54) is 0 Å². The topological polar surface area (TPSA) is 45.2 Å². The van der Waals surface area contributed by atoms with E-state index in [9.17, 15) is 4.79 Å². The van der Waals surface area contributed by atoms with Gasteiger partial charge in [-0.25, -0.2) is 0 Å². The molecule has 0 amide bonds. The van der Waals surface area contributed by atoms with Crippen LogP contribution in [0.3, 0.4) is 0 Å². The van der Waals surface area contributed by atoms with Crippen LogP contribution in [0.25, 0.3) is 16.5 Å². The average Bonchev–Trinajstić information content (AvgIpc) is 3.13. The molecule has 1 aromatic heterocycles. The van der Waals surface area contributed by atoms with Crippen LogP contribution >= 0.6 is 0 Å². The van der Waals surface area contributed by atoms with Gasteiger partial charge in [0.2, 0.25) is 0 Å². The van der Waals surface area contributed by atoms with E-state index in [1.54, 1.807) is 12.3 Å². The highest BCUT2D eigenvalue weighted by atomic mass is 16.1. The Bertz CT molecular complexity index is 931. The number of ketones is 1. The molecule has 3 nitrogen and oxygen atoms in total. The molecule has 22 heavy (non-hydrogen) atoms. The summed E-state index contributed by atoms with van der Waals surface area (Å²) in [7, 11) is 0. The maximum absolute atomic E-state index is 12.4. The third-order valence-electron chi connectivity index (χ3n) is 3.91. The minimum absolute atomic E-state index is 0.0860. The molecule has 0 unspecified atom stereocenters. The molecule has 2 heterocycles. The van der Waals surface area contributed by atoms with Crippen molar-refractivity contribution < 1.29 is 4.79 Å². The molecule has 0 radical (unpaired) electrons. The highest BCUT2D eigenvalue weighted by molar-refractivity contribution is 6.21. The second-order valence-corrected chi connectivity index (χ2v) is 5.38. The maximum Gasteiger partial charge on any atom is 0.160 e. The number of carbonyl (C=O) groups excluding carboxylic acids is 1. The lowest BCUT2D eigenvalue weighted by Crippen LogP contribution is -1.99. The first-order valence-corrected chi connectivity index (χ1v) is 7.24. The quantitative estimate of drug-likeness (QED) is 0.724. The Labute approximate surface area is 128 Å². The molecule has 1 aliphatic heterocycles. The zero-order valence-corrected chi connectivity index (χ0v) is 11.9. The van der Waals surface area contributed by atoms with E-state index in [-0.39, 0.29) is 5.78 Å². The summed E-state index contributed by atoms with van der Waals surface area (Å²) in [6.07, 6.45) is 5.76. The molecular formula is C19H14N2O. The molecule has 106 valence electrons. The van der Waals surface area contributed by atoms with Crippen LogP contribution in [0.1, 0.15) is 11.1 Å². The number of nitrogens with zero attached hydrogens (tertiary/aromatic N) is 1. The number of nitrogens with one attached hydrogen (secondary N) is 1. The van der Waals surface area contributed by atoms with Crippen molar-refractivity contribution in [2.75, 3.05) is 0 Å². The Morgan fingerprint density at radius 3 is 2.86 bits per heavy atom. The smallest absolute Gasteiger partial charge is 0.160 e. The Morgan fingerprint density at radius 2 is 1.91 bits per heavy atom. The van der Waals surface area contributed by atoms with Crippen molar-refractivity contribution >= 4 is 34.2 Å². The van der Waals surface area contributed by atoms with Gasteiger partial charge in [-0.1, -0.05) is 36.4 Å². The van der Waals surface area contributed by atoms with Crippen molar-refractivity contribution in [2.24, 2.45) is 4.99 Å². The van der Waals surface area contributed by atoms with Crippen LogP contribution in [0.4, 0.5) is 5.69 Å². The number of hydrogen-bond acceptors (Lipinski definition) is 2. The lowest BCUT2D eigenvalue weighted by molar-refractivity contribution is -0.113. The maximum atomic E-state index is 12.4. The second-order valence-electron chi connectivity index (χ2n) is 5.38. The largest absolute Gasteiger partial charge is 0.361 e. The van der Waals surface area contributed by atoms with Gasteiger partial charge in [-0.05, 0) is 23.8 Å². The number of H-pyrrole nitrogens is 1. The van der Waals surface area contributed by atoms with Gasteiger partial charge in [0.1, 0.15) is 0 Å². The highest BCUT2D eigenvalue weighted by Gasteiger charge is 2.13. The van der Waals surface area contributed by atoms with Gasteiger partial charge in [0.25, 0.3) is 0 Å². The van der Waals surface area contributed by atoms with Crippen molar-refractivity contribution in [3.8, 4) is 0 Å². The number of carbonyl (C=O) groups is 1. The van der Waals surface area contributed by atoms with Gasteiger partial charge in [-0.2, -0.15) is 0 Å². The molecule has 0 saturated heterocycles. The Hall–Kier alpha value is -2.94. The Morgan fingerprint density at radius 1 is 1.09 bits per heavy atom. The fourth-order valence-corrected chi connectivity index (χ4v) is 2.84. The Balaban J connectivity index is 1.61. The molecule has 0 saturated carbocycles. The van der Waals surface area contributed by atoms with Crippen LogP contribution in [0.2, 0.25) is 0 Å². The van der Waals surface area contributed by atoms with Gasteiger partial charge in [-0.15, -0.1) is 0 Å². The van der Waals surface area contributed by atoms with Gasteiger partial charge in [0.05, 0.1) is 5.69 Å². The number of fused-ring (bicyclic) bond motifs is 2. The van der Waals surface area contributed by atoms with Crippen LogP contribution in [0, 0.1) is 0 Å². The number of aromatic nitrogens is 1. The molecule has 3 aromatic rings. The van der Waals surface area contributed by atoms with E-state index in [2.05, 4.69) is 9.98 Å². The van der Waals surface area contributed by atoms with E-state index in [0.717, 1.165) is 33.3 Å². The normalized spacial score (nSPS) is 14.6. The predicted molar refractivity (Wildman–Crippen MR) is 89.6 cm³/mol. The standard InChI is InChI=1S/C19H14N2O/c22-15(9-13-11-20-18-7-3-1-5-16(13)18)10-14-12-21-19-8-4-2-6-17(14)19/h1-9,11-12,21H,10H2/b13-9+. The summed E-state index contributed by atoms with van der Waals surface area (Å²) in [5, 5.41) is 1.11. The van der Waals surface area contributed by atoms with Crippen molar-refractivity contribution in [3.05, 3.63) is 71.9 Å². The molecule has 0 bridgehead atoms. The molecule has 0 atom stereocenters. The van der Waals surface area contributed by atoms with Crippen LogP contribution in [-0.4, -0.2) is 17.0 Å². The lowest BCUT2D eigenvalue weighted by atomic mass is 10.0. The van der Waals surface area contributed by atoms with E-state index >= 15 is 0 Å². The number of hydrogen-bond donors (Lipinski definition) is 1. The van der Waals surface area contributed by atoms with Crippen LogP contribution in [-0.2, 0) is 11.2 Å². The fraction of sp³-hybridized carbons (Fsp3) is 0.0526.